The first-order valence-electron chi connectivity index (χ1n) is 5.73. The Balaban J connectivity index is 2.25. The highest BCUT2D eigenvalue weighted by molar-refractivity contribution is 9.10. The van der Waals surface area contributed by atoms with Crippen molar-refractivity contribution in [2.75, 3.05) is 5.32 Å². The predicted octanol–water partition coefficient (Wildman–Crippen LogP) is 3.10. The van der Waals surface area contributed by atoms with E-state index in [-0.39, 0.29) is 11.5 Å². The molecule has 0 unspecified atom stereocenters. The summed E-state index contributed by atoms with van der Waals surface area (Å²) in [5.74, 6) is -1.40. The molecule has 0 aliphatic rings. The normalized spacial score (nSPS) is 10.1. The molecule has 0 atom stereocenters. The van der Waals surface area contributed by atoms with Gasteiger partial charge in [0.1, 0.15) is 0 Å². The molecule has 0 fully saturated rings. The maximum atomic E-state index is 12.2. The van der Waals surface area contributed by atoms with Gasteiger partial charge in [-0.2, -0.15) is 0 Å². The van der Waals surface area contributed by atoms with E-state index in [2.05, 4.69) is 26.2 Å². The zero-order valence-electron chi connectivity index (χ0n) is 10.6. The van der Waals surface area contributed by atoms with Crippen LogP contribution < -0.4 is 5.32 Å². The van der Waals surface area contributed by atoms with E-state index in [0.29, 0.717) is 11.3 Å². The van der Waals surface area contributed by atoms with Gasteiger partial charge in [0, 0.05) is 16.2 Å². The summed E-state index contributed by atoms with van der Waals surface area (Å²) < 4.78 is 0.797. The minimum atomic E-state index is -1.09. The molecule has 1 heterocycles. The molecule has 1 aromatic heterocycles. The van der Waals surface area contributed by atoms with Crippen LogP contribution in [0.15, 0.2) is 41.1 Å². The van der Waals surface area contributed by atoms with E-state index in [1.165, 1.54) is 18.5 Å². The minimum Gasteiger partial charge on any atom is -0.478 e. The van der Waals surface area contributed by atoms with Gasteiger partial charge in [0.25, 0.3) is 5.91 Å². The molecule has 2 rings (SSSR count). The fourth-order valence-corrected chi connectivity index (χ4v) is 2.02. The third-order valence-corrected chi connectivity index (χ3v) is 3.18. The SMILES string of the molecule is Cc1ccc(Br)cc1C(=O)Nc1cncc(C(=O)O)c1. The van der Waals surface area contributed by atoms with E-state index in [9.17, 15) is 9.59 Å². The van der Waals surface area contributed by atoms with Gasteiger partial charge in [0.15, 0.2) is 0 Å². The molecule has 1 amide bonds. The number of hydrogen-bond donors (Lipinski definition) is 2. The highest BCUT2D eigenvalue weighted by Gasteiger charge is 2.11. The molecule has 20 heavy (non-hydrogen) atoms. The Kier molecular flexibility index (Phi) is 4.14. The van der Waals surface area contributed by atoms with Crippen LogP contribution in [0.5, 0.6) is 0 Å². The van der Waals surface area contributed by atoms with E-state index in [1.54, 1.807) is 6.07 Å². The summed E-state index contributed by atoms with van der Waals surface area (Å²) in [6.07, 6.45) is 2.63. The smallest absolute Gasteiger partial charge is 0.337 e. The molecule has 1 aromatic carbocycles. The van der Waals surface area contributed by atoms with Crippen molar-refractivity contribution in [2.24, 2.45) is 0 Å². The number of anilines is 1. The Morgan fingerprint density at radius 2 is 2.00 bits per heavy atom. The van der Waals surface area contributed by atoms with Gasteiger partial charge in [0.05, 0.1) is 17.4 Å². The number of carbonyl (C=O) groups excluding carboxylic acids is 1. The van der Waals surface area contributed by atoms with Gasteiger partial charge < -0.3 is 10.4 Å². The zero-order valence-corrected chi connectivity index (χ0v) is 12.1. The summed E-state index contributed by atoms with van der Waals surface area (Å²) in [5, 5.41) is 11.5. The van der Waals surface area contributed by atoms with Crippen molar-refractivity contribution in [2.45, 2.75) is 6.92 Å². The Morgan fingerprint density at radius 3 is 2.70 bits per heavy atom. The average Bonchev–Trinajstić information content (AvgIpc) is 2.41. The Labute approximate surface area is 123 Å². The van der Waals surface area contributed by atoms with Crippen LogP contribution in [0.25, 0.3) is 0 Å². The number of nitrogens with zero attached hydrogens (tertiary/aromatic N) is 1. The number of rotatable bonds is 3. The van der Waals surface area contributed by atoms with E-state index in [4.69, 9.17) is 5.11 Å². The first kappa shape index (κ1) is 14.2. The molecule has 0 spiro atoms. The van der Waals surface area contributed by atoms with Gasteiger partial charge in [-0.3, -0.25) is 9.78 Å². The number of aromatic carboxylic acids is 1. The van der Waals surface area contributed by atoms with Crippen LogP contribution in [0.1, 0.15) is 26.3 Å². The lowest BCUT2D eigenvalue weighted by molar-refractivity contribution is 0.0696. The second kappa shape index (κ2) is 5.83. The van der Waals surface area contributed by atoms with Crippen molar-refractivity contribution in [3.8, 4) is 0 Å². The fraction of sp³-hybridized carbons (Fsp3) is 0.0714. The molecule has 0 bridgehead atoms. The average molecular weight is 335 g/mol. The number of amides is 1. The van der Waals surface area contributed by atoms with Crippen LogP contribution in [0.3, 0.4) is 0 Å². The number of pyridine rings is 1. The number of aromatic nitrogens is 1. The molecule has 6 heteroatoms. The fourth-order valence-electron chi connectivity index (χ4n) is 1.66. The number of aryl methyl sites for hydroxylation is 1. The maximum Gasteiger partial charge on any atom is 0.337 e. The van der Waals surface area contributed by atoms with Crippen molar-refractivity contribution >= 4 is 33.5 Å². The highest BCUT2D eigenvalue weighted by atomic mass is 79.9. The Hall–Kier alpha value is -2.21. The third kappa shape index (κ3) is 3.21. The van der Waals surface area contributed by atoms with Crippen molar-refractivity contribution < 1.29 is 14.7 Å². The van der Waals surface area contributed by atoms with E-state index in [0.717, 1.165) is 10.0 Å². The third-order valence-electron chi connectivity index (χ3n) is 2.69. The lowest BCUT2D eigenvalue weighted by Crippen LogP contribution is -2.14. The Bertz CT molecular complexity index is 686. The number of hydrogen-bond acceptors (Lipinski definition) is 3. The van der Waals surface area contributed by atoms with Gasteiger partial charge in [-0.25, -0.2) is 4.79 Å². The summed E-state index contributed by atoms with van der Waals surface area (Å²) in [7, 11) is 0. The second-order valence-corrected chi connectivity index (χ2v) is 5.10. The first-order valence-corrected chi connectivity index (χ1v) is 6.52. The molecule has 2 N–H and O–H groups in total. The summed E-state index contributed by atoms with van der Waals surface area (Å²) in [4.78, 5) is 26.8. The molecule has 0 aliphatic heterocycles. The number of carboxylic acid groups (broad SMARTS) is 1. The van der Waals surface area contributed by atoms with Crippen LogP contribution in [-0.2, 0) is 0 Å². The first-order chi connectivity index (χ1) is 9.47. The second-order valence-electron chi connectivity index (χ2n) is 4.18. The van der Waals surface area contributed by atoms with Gasteiger partial charge >= 0.3 is 5.97 Å². The Morgan fingerprint density at radius 1 is 1.25 bits per heavy atom. The quantitative estimate of drug-likeness (QED) is 0.903. The summed E-state index contributed by atoms with van der Waals surface area (Å²) in [6.45, 7) is 1.83. The van der Waals surface area contributed by atoms with Crippen molar-refractivity contribution in [1.29, 1.82) is 0 Å². The van der Waals surface area contributed by atoms with Gasteiger partial charge in [0.2, 0.25) is 0 Å². The van der Waals surface area contributed by atoms with Crippen LogP contribution in [0.4, 0.5) is 5.69 Å². The predicted molar refractivity (Wildman–Crippen MR) is 78.0 cm³/mol. The van der Waals surface area contributed by atoms with Crippen LogP contribution in [0.2, 0.25) is 0 Å². The van der Waals surface area contributed by atoms with Crippen molar-refractivity contribution in [1.82, 2.24) is 4.98 Å². The maximum absolute atomic E-state index is 12.2. The molecule has 0 aliphatic carbocycles. The zero-order chi connectivity index (χ0) is 14.7. The lowest BCUT2D eigenvalue weighted by Gasteiger charge is -2.08. The number of benzene rings is 1. The van der Waals surface area contributed by atoms with Crippen LogP contribution >= 0.6 is 15.9 Å². The molecule has 102 valence electrons. The highest BCUT2D eigenvalue weighted by Crippen LogP contribution is 2.18. The molecule has 0 radical (unpaired) electrons. The van der Waals surface area contributed by atoms with Crippen LogP contribution in [0, 0.1) is 6.92 Å². The van der Waals surface area contributed by atoms with Crippen molar-refractivity contribution in [3.63, 3.8) is 0 Å². The topological polar surface area (TPSA) is 79.3 Å². The van der Waals surface area contributed by atoms with Crippen LogP contribution in [-0.4, -0.2) is 22.0 Å². The summed E-state index contributed by atoms with van der Waals surface area (Å²) in [5.41, 5.74) is 1.70. The molecule has 0 saturated heterocycles. The number of carboxylic acids is 1. The molecular formula is C14H11BrN2O3. The summed E-state index contributed by atoms with van der Waals surface area (Å²) >= 11 is 3.31. The molecule has 0 saturated carbocycles. The standard InChI is InChI=1S/C14H11BrN2O3/c1-8-2-3-10(15)5-12(8)13(18)17-11-4-9(14(19)20)6-16-7-11/h2-7H,1H3,(H,17,18)(H,19,20). The van der Waals surface area contributed by atoms with Gasteiger partial charge in [-0.1, -0.05) is 22.0 Å². The van der Waals surface area contributed by atoms with Gasteiger partial charge in [-0.15, -0.1) is 0 Å². The van der Waals surface area contributed by atoms with E-state index < -0.39 is 5.97 Å². The van der Waals surface area contributed by atoms with Gasteiger partial charge in [-0.05, 0) is 30.7 Å². The van der Waals surface area contributed by atoms with E-state index >= 15 is 0 Å². The lowest BCUT2D eigenvalue weighted by atomic mass is 10.1. The minimum absolute atomic E-state index is 0.0220. The monoisotopic (exact) mass is 334 g/mol. The molecule has 5 nitrogen and oxygen atoms in total. The van der Waals surface area contributed by atoms with Crippen molar-refractivity contribution in [3.05, 3.63) is 57.8 Å². The number of carbonyl (C=O) groups is 2. The molecule has 2 aromatic rings. The molecular weight excluding hydrogens is 324 g/mol. The number of nitrogens with one attached hydrogen (secondary N) is 1. The largest absolute Gasteiger partial charge is 0.478 e. The van der Waals surface area contributed by atoms with E-state index in [1.807, 2.05) is 19.1 Å². The summed E-state index contributed by atoms with van der Waals surface area (Å²) in [6, 6.07) is 6.74. The number of halogens is 1.